The standard InChI is InChI=1S/C11H17N5O3S/c1-8-11(9(2)16(15-8)5-6-17)20(18,19)14-7-10-12-3-4-13-10/h3-4,14,17H,5-7H2,1-2H3,(H,12,13). The van der Waals surface area contributed by atoms with Crippen molar-refractivity contribution in [3.8, 4) is 0 Å². The van der Waals surface area contributed by atoms with E-state index in [2.05, 4.69) is 19.8 Å². The van der Waals surface area contributed by atoms with Gasteiger partial charge < -0.3 is 10.1 Å². The first-order valence-corrected chi connectivity index (χ1v) is 7.57. The van der Waals surface area contributed by atoms with E-state index in [-0.39, 0.29) is 24.6 Å². The first-order valence-electron chi connectivity index (χ1n) is 6.08. The number of hydrogen-bond donors (Lipinski definition) is 3. The summed E-state index contributed by atoms with van der Waals surface area (Å²) in [7, 11) is -3.67. The van der Waals surface area contributed by atoms with E-state index in [0.29, 0.717) is 17.2 Å². The Morgan fingerprint density at radius 3 is 2.80 bits per heavy atom. The second kappa shape index (κ2) is 5.73. The van der Waals surface area contributed by atoms with Gasteiger partial charge in [0.15, 0.2) is 0 Å². The van der Waals surface area contributed by atoms with Crippen LogP contribution in [0.15, 0.2) is 17.3 Å². The van der Waals surface area contributed by atoms with Gasteiger partial charge in [0.1, 0.15) is 10.7 Å². The highest BCUT2D eigenvalue weighted by atomic mass is 32.2. The molecule has 3 N–H and O–H groups in total. The van der Waals surface area contributed by atoms with Gasteiger partial charge in [-0.25, -0.2) is 18.1 Å². The van der Waals surface area contributed by atoms with Crippen molar-refractivity contribution in [2.24, 2.45) is 0 Å². The average molecular weight is 299 g/mol. The molecule has 0 fully saturated rings. The molecule has 0 amide bonds. The Hall–Kier alpha value is -1.71. The van der Waals surface area contributed by atoms with Gasteiger partial charge in [0, 0.05) is 12.4 Å². The summed E-state index contributed by atoms with van der Waals surface area (Å²) < 4.78 is 28.6. The minimum absolute atomic E-state index is 0.0827. The molecule has 0 aliphatic carbocycles. The van der Waals surface area contributed by atoms with E-state index in [1.54, 1.807) is 26.2 Å². The molecule has 9 heteroatoms. The molecule has 110 valence electrons. The summed E-state index contributed by atoms with van der Waals surface area (Å²) in [5.41, 5.74) is 0.909. The fraction of sp³-hybridized carbons (Fsp3) is 0.455. The third-order valence-corrected chi connectivity index (χ3v) is 4.53. The number of aliphatic hydroxyl groups is 1. The number of imidazole rings is 1. The van der Waals surface area contributed by atoms with Crippen molar-refractivity contribution in [1.82, 2.24) is 24.5 Å². The number of hydrogen-bond acceptors (Lipinski definition) is 5. The van der Waals surface area contributed by atoms with Crippen LogP contribution in [0.5, 0.6) is 0 Å². The van der Waals surface area contributed by atoms with Gasteiger partial charge in [-0.1, -0.05) is 0 Å². The highest BCUT2D eigenvalue weighted by Gasteiger charge is 2.24. The topological polar surface area (TPSA) is 113 Å². The van der Waals surface area contributed by atoms with Gasteiger partial charge in [-0.05, 0) is 13.8 Å². The summed E-state index contributed by atoms with van der Waals surface area (Å²) in [5, 5.41) is 13.1. The van der Waals surface area contributed by atoms with E-state index < -0.39 is 10.0 Å². The number of rotatable bonds is 6. The predicted molar refractivity (Wildman–Crippen MR) is 71.4 cm³/mol. The number of sulfonamides is 1. The maximum atomic E-state index is 12.3. The average Bonchev–Trinajstić information content (AvgIpc) is 2.97. The lowest BCUT2D eigenvalue weighted by Crippen LogP contribution is -2.25. The van der Waals surface area contributed by atoms with Gasteiger partial charge in [0.25, 0.3) is 0 Å². The number of aromatic nitrogens is 4. The van der Waals surface area contributed by atoms with E-state index in [9.17, 15) is 8.42 Å². The Labute approximate surface area is 116 Å². The number of nitrogens with one attached hydrogen (secondary N) is 2. The third kappa shape index (κ3) is 2.89. The third-order valence-electron chi connectivity index (χ3n) is 2.88. The van der Waals surface area contributed by atoms with Crippen LogP contribution < -0.4 is 4.72 Å². The van der Waals surface area contributed by atoms with Crippen molar-refractivity contribution < 1.29 is 13.5 Å². The lowest BCUT2D eigenvalue weighted by molar-refractivity contribution is 0.267. The fourth-order valence-corrected chi connectivity index (χ4v) is 3.41. The Bertz CT molecular complexity index is 675. The van der Waals surface area contributed by atoms with Crippen LogP contribution in [0.2, 0.25) is 0 Å². The van der Waals surface area contributed by atoms with E-state index in [0.717, 1.165) is 0 Å². The second-order valence-electron chi connectivity index (χ2n) is 4.31. The Morgan fingerprint density at radius 2 is 2.20 bits per heavy atom. The molecule has 0 aromatic carbocycles. The van der Waals surface area contributed by atoms with Crippen LogP contribution in [0.4, 0.5) is 0 Å². The van der Waals surface area contributed by atoms with Crippen LogP contribution in [-0.4, -0.2) is 39.9 Å². The Morgan fingerprint density at radius 1 is 1.45 bits per heavy atom. The molecule has 2 aromatic rings. The lowest BCUT2D eigenvalue weighted by atomic mass is 10.4. The molecule has 2 heterocycles. The molecule has 0 radical (unpaired) electrons. The number of nitrogens with zero attached hydrogens (tertiary/aromatic N) is 3. The minimum Gasteiger partial charge on any atom is -0.394 e. The van der Waals surface area contributed by atoms with Crippen molar-refractivity contribution in [2.75, 3.05) is 6.61 Å². The van der Waals surface area contributed by atoms with Crippen LogP contribution in [0.25, 0.3) is 0 Å². The van der Waals surface area contributed by atoms with Crippen LogP contribution in [0.3, 0.4) is 0 Å². The van der Waals surface area contributed by atoms with Crippen molar-refractivity contribution in [3.63, 3.8) is 0 Å². The van der Waals surface area contributed by atoms with Crippen LogP contribution >= 0.6 is 0 Å². The maximum absolute atomic E-state index is 12.3. The number of aryl methyl sites for hydroxylation is 1. The minimum atomic E-state index is -3.67. The highest BCUT2D eigenvalue weighted by Crippen LogP contribution is 2.19. The van der Waals surface area contributed by atoms with Gasteiger partial charge in [-0.15, -0.1) is 0 Å². The molecule has 0 saturated heterocycles. The SMILES string of the molecule is Cc1nn(CCO)c(C)c1S(=O)(=O)NCc1ncc[nH]1. The van der Waals surface area contributed by atoms with Gasteiger partial charge in [-0.3, -0.25) is 4.68 Å². The maximum Gasteiger partial charge on any atom is 0.244 e. The summed E-state index contributed by atoms with van der Waals surface area (Å²) in [6, 6.07) is 0. The van der Waals surface area contributed by atoms with E-state index in [1.807, 2.05) is 0 Å². The van der Waals surface area contributed by atoms with E-state index in [4.69, 9.17) is 5.11 Å². The quantitative estimate of drug-likeness (QED) is 0.677. The molecule has 0 unspecified atom stereocenters. The lowest BCUT2D eigenvalue weighted by Gasteiger charge is -2.06. The molecule has 2 rings (SSSR count). The molecular weight excluding hydrogens is 282 g/mol. The van der Waals surface area contributed by atoms with Crippen LogP contribution in [0, 0.1) is 13.8 Å². The molecule has 0 aliphatic rings. The zero-order valence-corrected chi connectivity index (χ0v) is 12.1. The van der Waals surface area contributed by atoms with Gasteiger partial charge in [0.2, 0.25) is 10.0 Å². The van der Waals surface area contributed by atoms with Crippen molar-refractivity contribution >= 4 is 10.0 Å². The number of aromatic amines is 1. The first-order chi connectivity index (χ1) is 9.45. The van der Waals surface area contributed by atoms with Gasteiger partial charge in [-0.2, -0.15) is 5.10 Å². The largest absolute Gasteiger partial charge is 0.394 e. The van der Waals surface area contributed by atoms with Gasteiger partial charge >= 0.3 is 0 Å². The molecule has 0 atom stereocenters. The smallest absolute Gasteiger partial charge is 0.244 e. The van der Waals surface area contributed by atoms with E-state index >= 15 is 0 Å². The van der Waals surface area contributed by atoms with Gasteiger partial charge in [0.05, 0.1) is 31.1 Å². The number of H-pyrrole nitrogens is 1. The molecule has 20 heavy (non-hydrogen) atoms. The van der Waals surface area contributed by atoms with E-state index in [1.165, 1.54) is 4.68 Å². The monoisotopic (exact) mass is 299 g/mol. The predicted octanol–water partition coefficient (Wildman–Crippen LogP) is -0.306. The summed E-state index contributed by atoms with van der Waals surface area (Å²) in [5.74, 6) is 0.534. The summed E-state index contributed by atoms with van der Waals surface area (Å²) >= 11 is 0. The normalized spacial score (nSPS) is 11.9. The van der Waals surface area contributed by atoms with Crippen molar-refractivity contribution in [3.05, 3.63) is 29.6 Å². The molecule has 0 aliphatic heterocycles. The summed E-state index contributed by atoms with van der Waals surface area (Å²) in [6.45, 7) is 3.54. The Balaban J connectivity index is 2.25. The second-order valence-corrected chi connectivity index (χ2v) is 6.01. The fourth-order valence-electron chi connectivity index (χ4n) is 2.01. The highest BCUT2D eigenvalue weighted by molar-refractivity contribution is 7.89. The molecular formula is C11H17N5O3S. The summed E-state index contributed by atoms with van der Waals surface area (Å²) in [4.78, 5) is 6.93. The molecule has 0 bridgehead atoms. The van der Waals surface area contributed by atoms with Crippen molar-refractivity contribution in [2.45, 2.75) is 31.8 Å². The first kappa shape index (κ1) is 14.7. The van der Waals surface area contributed by atoms with Crippen LogP contribution in [-0.2, 0) is 23.1 Å². The zero-order chi connectivity index (χ0) is 14.8. The Kier molecular flexibility index (Phi) is 4.21. The molecule has 2 aromatic heterocycles. The number of aliphatic hydroxyl groups excluding tert-OH is 1. The molecule has 0 spiro atoms. The summed E-state index contributed by atoms with van der Waals surface area (Å²) in [6.07, 6.45) is 3.18. The molecule has 0 saturated carbocycles. The molecule has 8 nitrogen and oxygen atoms in total. The van der Waals surface area contributed by atoms with Crippen molar-refractivity contribution in [1.29, 1.82) is 0 Å². The zero-order valence-electron chi connectivity index (χ0n) is 11.3. The van der Waals surface area contributed by atoms with Crippen LogP contribution in [0.1, 0.15) is 17.2 Å².